The van der Waals surface area contributed by atoms with Gasteiger partial charge in [-0.05, 0) is 59.2 Å². The molecule has 7 aromatic carbocycles. The van der Waals surface area contributed by atoms with Crippen molar-refractivity contribution in [2.75, 3.05) is 13.2 Å². The maximum atomic E-state index is 14.4. The van der Waals surface area contributed by atoms with Gasteiger partial charge in [0.2, 0.25) is 0 Å². The summed E-state index contributed by atoms with van der Waals surface area (Å²) in [5.74, 6) is -3.77. The Labute approximate surface area is 450 Å². The fourth-order valence-corrected chi connectivity index (χ4v) is 9.42. The predicted octanol–water partition coefficient (Wildman–Crippen LogP) is 9.33. The van der Waals surface area contributed by atoms with Crippen LogP contribution in [0.25, 0.3) is 0 Å². The van der Waals surface area contributed by atoms with Crippen LogP contribution in [0.1, 0.15) is 70.0 Å². The number of rotatable bonds is 20. The number of fused-ring (bicyclic) bond motifs is 1. The van der Waals surface area contributed by atoms with Crippen molar-refractivity contribution in [2.24, 2.45) is 0 Å². The highest BCUT2D eigenvalue weighted by molar-refractivity contribution is 5.91. The highest BCUT2D eigenvalue weighted by Crippen LogP contribution is 2.39. The third-order valence-corrected chi connectivity index (χ3v) is 13.4. The lowest BCUT2D eigenvalue weighted by molar-refractivity contribution is -0.378. The van der Waals surface area contributed by atoms with Gasteiger partial charge < -0.3 is 57.2 Å². The fraction of sp³-hybridized carbons (Fsp3) is 0.258. The molecule has 11 unspecified atom stereocenters. The van der Waals surface area contributed by atoms with E-state index in [0.29, 0.717) is 0 Å². The number of carboxylic acids is 1. The minimum absolute atomic E-state index is 0.0585. The molecule has 0 saturated carbocycles. The van der Waals surface area contributed by atoms with Crippen molar-refractivity contribution < 1.29 is 76.4 Å². The Morgan fingerprint density at radius 1 is 0.436 bits per heavy atom. The number of carbonyl (C=O) groups excluding carboxylic acids is 3. The zero-order valence-corrected chi connectivity index (χ0v) is 42.1. The van der Waals surface area contributed by atoms with Crippen LogP contribution in [0.4, 0.5) is 0 Å². The number of hydrogen-bond acceptors (Lipinski definition) is 15. The van der Waals surface area contributed by atoms with Crippen LogP contribution in [-0.4, -0.2) is 104 Å². The largest absolute Gasteiger partial charge is 0.478 e. The van der Waals surface area contributed by atoms with E-state index in [1.807, 2.05) is 91.0 Å². The van der Waals surface area contributed by atoms with E-state index >= 15 is 0 Å². The standard InChI is InChI=1S/C62H56O16/c63-56(64)47-34-20-19-33-46(47)37-70-62-55(77-59(67)44-29-15-5-16-30-44)53(76-58(66)43-27-13-4-14-28-43)51(75-57(65)42-25-11-3-12-26-42)49(74-62)39-72-61-54(69-36-41-23-9-2-10-24-41)52(68-35-40-21-7-1-8-22-40)50-48(73-61)38-71-60(78-50)45-31-17-6-18-32-45/h1-34,48-55,60-62H,35-39H2,(H,63,64). The normalized spacial score (nSPS) is 24.7. The summed E-state index contributed by atoms with van der Waals surface area (Å²) in [6, 6.07) is 59.3. The fourth-order valence-electron chi connectivity index (χ4n) is 9.42. The minimum Gasteiger partial charge on any atom is -0.478 e. The number of benzene rings is 7. The average molecular weight is 1060 g/mol. The number of aromatic carboxylic acids is 1. The van der Waals surface area contributed by atoms with Crippen LogP contribution in [-0.2, 0) is 71.9 Å². The van der Waals surface area contributed by atoms with E-state index in [2.05, 4.69) is 0 Å². The van der Waals surface area contributed by atoms with Crippen LogP contribution in [0.5, 0.6) is 0 Å². The van der Waals surface area contributed by atoms with Gasteiger partial charge in [0, 0.05) is 5.56 Å². The summed E-state index contributed by atoms with van der Waals surface area (Å²) in [7, 11) is 0. The van der Waals surface area contributed by atoms with Gasteiger partial charge in [0.1, 0.15) is 30.5 Å². The minimum atomic E-state index is -1.67. The summed E-state index contributed by atoms with van der Waals surface area (Å²) < 4.78 is 72.4. The molecule has 0 amide bonds. The molecular weight excluding hydrogens is 1000 g/mol. The number of carboxylic acid groups (broad SMARTS) is 1. The van der Waals surface area contributed by atoms with Crippen molar-refractivity contribution in [1.29, 1.82) is 0 Å². The van der Waals surface area contributed by atoms with Crippen LogP contribution in [0.15, 0.2) is 206 Å². The van der Waals surface area contributed by atoms with Gasteiger partial charge in [-0.15, -0.1) is 0 Å². The van der Waals surface area contributed by atoms with E-state index in [1.165, 1.54) is 30.3 Å². The summed E-state index contributed by atoms with van der Waals surface area (Å²) in [6.45, 7) is -0.519. The van der Waals surface area contributed by atoms with Gasteiger partial charge in [-0.25, -0.2) is 19.2 Å². The molecule has 3 fully saturated rings. The molecule has 0 bridgehead atoms. The number of ether oxygens (including phenoxy) is 11. The quantitative estimate of drug-likeness (QED) is 0.0561. The third-order valence-electron chi connectivity index (χ3n) is 13.4. The average Bonchev–Trinajstić information content (AvgIpc) is 3.63. The molecule has 0 spiro atoms. The Kier molecular flexibility index (Phi) is 17.8. The molecule has 16 nitrogen and oxygen atoms in total. The van der Waals surface area contributed by atoms with Gasteiger partial charge in [-0.3, -0.25) is 0 Å². The van der Waals surface area contributed by atoms with E-state index in [4.69, 9.17) is 52.1 Å². The van der Waals surface area contributed by atoms with Crippen molar-refractivity contribution in [1.82, 2.24) is 0 Å². The lowest BCUT2D eigenvalue weighted by Crippen LogP contribution is -2.65. The summed E-state index contributed by atoms with van der Waals surface area (Å²) in [5, 5.41) is 10.1. The molecule has 7 aromatic rings. The predicted molar refractivity (Wildman–Crippen MR) is 278 cm³/mol. The Morgan fingerprint density at radius 2 is 0.897 bits per heavy atom. The molecular formula is C62H56O16. The SMILES string of the molecule is O=C(OC1C(COC2OC3COC(c4ccccc4)OC3C(OCc3ccccc3)C2OCc2ccccc2)OC(OCc2ccccc2C(=O)O)C(OC(=O)c2ccccc2)C1OC(=O)c1ccccc1)c1ccccc1. The Bertz CT molecular complexity index is 3040. The molecule has 3 saturated heterocycles. The number of hydrogen-bond donors (Lipinski definition) is 1. The van der Waals surface area contributed by atoms with Crippen LogP contribution in [0.3, 0.4) is 0 Å². The molecule has 0 aromatic heterocycles. The molecule has 400 valence electrons. The van der Waals surface area contributed by atoms with E-state index < -0.39 is 98.2 Å². The second-order valence-electron chi connectivity index (χ2n) is 18.6. The monoisotopic (exact) mass is 1060 g/mol. The number of carbonyl (C=O) groups is 4. The van der Waals surface area contributed by atoms with Gasteiger partial charge in [0.15, 0.2) is 37.2 Å². The zero-order valence-electron chi connectivity index (χ0n) is 42.1. The Hall–Kier alpha value is -7.90. The van der Waals surface area contributed by atoms with Crippen LogP contribution < -0.4 is 0 Å². The topological polar surface area (TPSA) is 190 Å². The maximum absolute atomic E-state index is 14.4. The van der Waals surface area contributed by atoms with Crippen molar-refractivity contribution in [3.8, 4) is 0 Å². The molecule has 3 aliphatic heterocycles. The van der Waals surface area contributed by atoms with Gasteiger partial charge in [0.25, 0.3) is 0 Å². The first-order chi connectivity index (χ1) is 38.3. The lowest BCUT2D eigenvalue weighted by atomic mass is 9.96. The molecule has 1 N–H and O–H groups in total. The van der Waals surface area contributed by atoms with Crippen molar-refractivity contribution in [2.45, 2.75) is 87.5 Å². The Morgan fingerprint density at radius 3 is 1.45 bits per heavy atom. The highest BCUT2D eigenvalue weighted by Gasteiger charge is 2.56. The number of esters is 3. The van der Waals surface area contributed by atoms with Crippen LogP contribution >= 0.6 is 0 Å². The first kappa shape index (κ1) is 53.5. The first-order valence-electron chi connectivity index (χ1n) is 25.5. The third kappa shape index (κ3) is 13.3. The molecule has 3 heterocycles. The summed E-state index contributed by atoms with van der Waals surface area (Å²) in [6.07, 6.45) is -13.3. The van der Waals surface area contributed by atoms with E-state index in [9.17, 15) is 24.3 Å². The molecule has 11 atom stereocenters. The molecule has 0 radical (unpaired) electrons. The van der Waals surface area contributed by atoms with Crippen molar-refractivity contribution >= 4 is 23.9 Å². The van der Waals surface area contributed by atoms with Crippen molar-refractivity contribution in [3.63, 3.8) is 0 Å². The molecule has 0 aliphatic carbocycles. The van der Waals surface area contributed by atoms with Gasteiger partial charge in [0.05, 0.1) is 55.3 Å². The van der Waals surface area contributed by atoms with Crippen molar-refractivity contribution in [3.05, 3.63) is 251 Å². The van der Waals surface area contributed by atoms with Crippen LogP contribution in [0.2, 0.25) is 0 Å². The van der Waals surface area contributed by atoms with E-state index in [1.54, 1.807) is 84.9 Å². The Balaban J connectivity index is 1.03. The molecule has 10 rings (SSSR count). The zero-order chi connectivity index (χ0) is 53.6. The van der Waals surface area contributed by atoms with E-state index in [-0.39, 0.29) is 54.2 Å². The molecule has 16 heteroatoms. The summed E-state index contributed by atoms with van der Waals surface area (Å²) in [5.41, 5.74) is 3.13. The summed E-state index contributed by atoms with van der Waals surface area (Å²) >= 11 is 0. The summed E-state index contributed by atoms with van der Waals surface area (Å²) in [4.78, 5) is 55.3. The second-order valence-corrected chi connectivity index (χ2v) is 18.6. The highest BCUT2D eigenvalue weighted by atomic mass is 16.8. The first-order valence-corrected chi connectivity index (χ1v) is 25.5. The van der Waals surface area contributed by atoms with Gasteiger partial charge in [-0.2, -0.15) is 0 Å². The maximum Gasteiger partial charge on any atom is 0.338 e. The molecule has 78 heavy (non-hydrogen) atoms. The van der Waals surface area contributed by atoms with Crippen LogP contribution in [0, 0.1) is 0 Å². The van der Waals surface area contributed by atoms with Gasteiger partial charge >= 0.3 is 23.9 Å². The van der Waals surface area contributed by atoms with Gasteiger partial charge in [-0.1, -0.05) is 164 Å². The lowest BCUT2D eigenvalue weighted by Gasteiger charge is -2.49. The molecule has 3 aliphatic rings. The smallest absolute Gasteiger partial charge is 0.338 e. The van der Waals surface area contributed by atoms with E-state index in [0.717, 1.165) is 16.7 Å². The second kappa shape index (κ2) is 26.0.